The van der Waals surface area contributed by atoms with Crippen LogP contribution in [0.25, 0.3) is 0 Å². The van der Waals surface area contributed by atoms with Crippen LogP contribution in [0.1, 0.15) is 13.3 Å². The van der Waals surface area contributed by atoms with Crippen molar-refractivity contribution >= 4 is 26.2 Å². The van der Waals surface area contributed by atoms with E-state index in [-0.39, 0.29) is 5.57 Å². The minimum absolute atomic E-state index is 0.0419. The molecule has 10 heteroatoms. The third kappa shape index (κ3) is 5.77. The number of hydrogen-bond acceptors (Lipinski definition) is 6. The van der Waals surface area contributed by atoms with Crippen LogP contribution in [0.3, 0.4) is 0 Å². The maximum absolute atomic E-state index is 10.9. The van der Waals surface area contributed by atoms with E-state index in [0.717, 1.165) is 0 Å². The van der Waals surface area contributed by atoms with Crippen LogP contribution in [-0.2, 0) is 29.8 Å². The van der Waals surface area contributed by atoms with E-state index in [1.165, 1.54) is 6.92 Å². The van der Waals surface area contributed by atoms with Gasteiger partial charge in [-0.1, -0.05) is 6.58 Å². The van der Waals surface area contributed by atoms with Crippen molar-refractivity contribution in [1.29, 1.82) is 0 Å². The van der Waals surface area contributed by atoms with Gasteiger partial charge in [0.2, 0.25) is 4.58 Å². The second-order valence-electron chi connectivity index (χ2n) is 3.16. The van der Waals surface area contributed by atoms with Gasteiger partial charge in [-0.3, -0.25) is 9.11 Å². The Labute approximate surface area is 98.8 Å². The average molecular weight is 288 g/mol. The average Bonchev–Trinajstić information content (AvgIpc) is 2.07. The summed E-state index contributed by atoms with van der Waals surface area (Å²) in [6.45, 7) is 3.98. The fourth-order valence-electron chi connectivity index (χ4n) is 0.823. The summed E-state index contributed by atoms with van der Waals surface area (Å²) >= 11 is 0. The van der Waals surface area contributed by atoms with E-state index in [2.05, 4.69) is 11.3 Å². The minimum atomic E-state index is -4.99. The zero-order valence-corrected chi connectivity index (χ0v) is 10.5. The van der Waals surface area contributed by atoms with Gasteiger partial charge in [-0.05, 0) is 6.92 Å². The van der Waals surface area contributed by atoms with E-state index in [1.807, 2.05) is 0 Å². The lowest BCUT2D eigenvalue weighted by Gasteiger charge is -2.10. The first kappa shape index (κ1) is 16.0. The van der Waals surface area contributed by atoms with E-state index in [4.69, 9.17) is 9.11 Å². The number of hydrogen-bond donors (Lipinski definition) is 2. The Balaban J connectivity index is 4.63. The van der Waals surface area contributed by atoms with Gasteiger partial charge in [0.15, 0.2) is 0 Å². The molecule has 0 spiro atoms. The molecular weight excluding hydrogens is 276 g/mol. The Bertz CT molecular complexity index is 468. The molecule has 0 radical (unpaired) electrons. The Morgan fingerprint density at radius 1 is 1.24 bits per heavy atom. The van der Waals surface area contributed by atoms with E-state index in [0.29, 0.717) is 0 Å². The summed E-state index contributed by atoms with van der Waals surface area (Å²) in [4.78, 5) is 10.9. The second-order valence-corrected chi connectivity index (χ2v) is 6.66. The summed E-state index contributed by atoms with van der Waals surface area (Å²) in [6.07, 6.45) is -0.781. The second kappa shape index (κ2) is 5.58. The molecule has 0 atom stereocenters. The van der Waals surface area contributed by atoms with Gasteiger partial charge in [0.05, 0.1) is 6.61 Å². The van der Waals surface area contributed by atoms with E-state index in [9.17, 15) is 21.6 Å². The highest BCUT2D eigenvalue weighted by Crippen LogP contribution is 2.11. The van der Waals surface area contributed by atoms with Crippen molar-refractivity contribution < 1.29 is 35.5 Å². The van der Waals surface area contributed by atoms with Crippen molar-refractivity contribution in [2.45, 2.75) is 17.9 Å². The van der Waals surface area contributed by atoms with Gasteiger partial charge < -0.3 is 4.74 Å². The Morgan fingerprint density at radius 2 is 1.65 bits per heavy atom. The summed E-state index contributed by atoms with van der Waals surface area (Å²) in [7, 11) is -9.98. The Hall–Kier alpha value is -0.970. The third-order valence-electron chi connectivity index (χ3n) is 1.60. The summed E-state index contributed by atoms with van der Waals surface area (Å²) in [6, 6.07) is 0. The van der Waals surface area contributed by atoms with Crippen molar-refractivity contribution in [1.82, 2.24) is 0 Å². The summed E-state index contributed by atoms with van der Waals surface area (Å²) in [5, 5.41) is 0. The van der Waals surface area contributed by atoms with Crippen molar-refractivity contribution in [3.8, 4) is 0 Å². The molecule has 0 aliphatic carbocycles. The standard InChI is InChI=1S/C7H12O8S2/c1-5(2)7(8)15-4-3-6(16(9,10)11)17(12,13)14/h6H,1,3-4H2,2H3,(H,9,10,11)(H,12,13,14). The highest BCUT2D eigenvalue weighted by Gasteiger charge is 2.35. The number of carbonyl (C=O) groups is 1. The molecule has 0 fully saturated rings. The van der Waals surface area contributed by atoms with Crippen LogP contribution in [-0.4, -0.2) is 43.1 Å². The van der Waals surface area contributed by atoms with Crippen LogP contribution in [0.5, 0.6) is 0 Å². The van der Waals surface area contributed by atoms with Gasteiger partial charge >= 0.3 is 5.97 Å². The molecule has 0 heterocycles. The largest absolute Gasteiger partial charge is 0.462 e. The van der Waals surface area contributed by atoms with Crippen LogP contribution in [0.15, 0.2) is 12.2 Å². The third-order valence-corrected chi connectivity index (χ3v) is 4.86. The molecule has 0 saturated carbocycles. The van der Waals surface area contributed by atoms with E-state index >= 15 is 0 Å². The van der Waals surface area contributed by atoms with E-state index < -0.39 is 43.8 Å². The van der Waals surface area contributed by atoms with Gasteiger partial charge in [0.25, 0.3) is 20.2 Å². The molecule has 100 valence electrons. The molecule has 0 aromatic rings. The summed E-state index contributed by atoms with van der Waals surface area (Å²) in [5.74, 6) is -0.838. The van der Waals surface area contributed by atoms with Gasteiger partial charge in [-0.2, -0.15) is 16.8 Å². The molecule has 0 unspecified atom stereocenters. The molecular formula is C7H12O8S2. The highest BCUT2D eigenvalue weighted by molar-refractivity contribution is 8.03. The monoisotopic (exact) mass is 288 g/mol. The number of rotatable bonds is 6. The van der Waals surface area contributed by atoms with Crippen molar-refractivity contribution in [2.24, 2.45) is 0 Å². The minimum Gasteiger partial charge on any atom is -0.462 e. The highest BCUT2D eigenvalue weighted by atomic mass is 32.3. The molecule has 0 aromatic carbocycles. The first-order valence-electron chi connectivity index (χ1n) is 4.21. The number of carbonyl (C=O) groups excluding carboxylic acids is 1. The topological polar surface area (TPSA) is 135 Å². The Kier molecular flexibility index (Phi) is 5.26. The molecule has 0 saturated heterocycles. The molecule has 0 aliphatic heterocycles. The Morgan fingerprint density at radius 3 is 1.94 bits per heavy atom. The first-order valence-corrected chi connectivity index (χ1v) is 7.22. The molecule has 0 bridgehead atoms. The van der Waals surface area contributed by atoms with Crippen molar-refractivity contribution in [3.05, 3.63) is 12.2 Å². The van der Waals surface area contributed by atoms with Crippen LogP contribution < -0.4 is 0 Å². The lowest BCUT2D eigenvalue weighted by Crippen LogP contribution is -2.31. The molecule has 0 aliphatic rings. The molecule has 17 heavy (non-hydrogen) atoms. The fourth-order valence-corrected chi connectivity index (χ4v) is 2.84. The van der Waals surface area contributed by atoms with Crippen molar-refractivity contribution in [2.75, 3.05) is 6.61 Å². The number of ether oxygens (including phenoxy) is 1. The van der Waals surface area contributed by atoms with Gasteiger partial charge in [-0.15, -0.1) is 0 Å². The molecule has 8 nitrogen and oxygen atoms in total. The summed E-state index contributed by atoms with van der Waals surface area (Å²) in [5.41, 5.74) is 0.0419. The molecule has 0 rings (SSSR count). The van der Waals surface area contributed by atoms with Gasteiger partial charge in [0, 0.05) is 12.0 Å². The zero-order chi connectivity index (χ0) is 13.9. The first-order chi connectivity index (χ1) is 7.46. The predicted octanol–water partition coefficient (Wildman–Crippen LogP) is -0.402. The molecule has 0 aromatic heterocycles. The smallest absolute Gasteiger partial charge is 0.333 e. The fraction of sp³-hybridized carbons (Fsp3) is 0.571. The van der Waals surface area contributed by atoms with Crippen molar-refractivity contribution in [3.63, 3.8) is 0 Å². The lowest BCUT2D eigenvalue weighted by atomic mass is 10.4. The van der Waals surface area contributed by atoms with Crippen LogP contribution >= 0.6 is 0 Å². The van der Waals surface area contributed by atoms with Crippen LogP contribution in [0, 0.1) is 0 Å². The maximum Gasteiger partial charge on any atom is 0.333 e. The molecule has 0 amide bonds. The quantitative estimate of drug-likeness (QED) is 0.383. The normalized spacial score (nSPS) is 12.5. The van der Waals surface area contributed by atoms with Gasteiger partial charge in [0.1, 0.15) is 0 Å². The van der Waals surface area contributed by atoms with Crippen LogP contribution in [0.4, 0.5) is 0 Å². The predicted molar refractivity (Wildman–Crippen MR) is 57.3 cm³/mol. The number of esters is 1. The maximum atomic E-state index is 10.9. The van der Waals surface area contributed by atoms with E-state index in [1.54, 1.807) is 0 Å². The zero-order valence-electron chi connectivity index (χ0n) is 8.86. The molecule has 2 N–H and O–H groups in total. The van der Waals surface area contributed by atoms with Crippen LogP contribution in [0.2, 0.25) is 0 Å². The SMILES string of the molecule is C=C(C)C(=O)OCCC(S(=O)(=O)O)S(=O)(=O)O. The van der Waals surface area contributed by atoms with Gasteiger partial charge in [-0.25, -0.2) is 4.79 Å². The summed E-state index contributed by atoms with van der Waals surface area (Å²) < 4.78 is 61.7. The lowest BCUT2D eigenvalue weighted by molar-refractivity contribution is -0.139.